The lowest BCUT2D eigenvalue weighted by molar-refractivity contribution is -0.379. The van der Waals surface area contributed by atoms with Crippen LogP contribution in [0.5, 0.6) is 0 Å². The average Bonchev–Trinajstić information content (AvgIpc) is 2.67. The van der Waals surface area contributed by atoms with Gasteiger partial charge in [0.2, 0.25) is 0 Å². The number of carbonyl (C=O) groups excluding carboxylic acids is 1. The molecule has 2 aliphatic heterocycles. The number of fused-ring (bicyclic) bond motifs is 1. The van der Waals surface area contributed by atoms with Crippen LogP contribution in [0, 0.1) is 11.3 Å². The molecular formula is C16H24O9. The van der Waals surface area contributed by atoms with Gasteiger partial charge in [0.15, 0.2) is 6.29 Å². The summed E-state index contributed by atoms with van der Waals surface area (Å²) < 4.78 is 17.4. The maximum absolute atomic E-state index is 12.3. The van der Waals surface area contributed by atoms with Gasteiger partial charge in [0.25, 0.3) is 0 Å². The van der Waals surface area contributed by atoms with Crippen molar-refractivity contribution in [1.29, 1.82) is 0 Å². The monoisotopic (exact) mass is 360 g/mol. The van der Waals surface area contributed by atoms with Crippen molar-refractivity contribution < 1.29 is 44.5 Å². The number of aliphatic hydroxyl groups excluding tert-OH is 5. The highest BCUT2D eigenvalue weighted by atomic mass is 16.7. The largest absolute Gasteiger partial charge is 0.396 e. The standard InChI is InChI=1S/C16H24O9/c1-14-3-8(19)7-2-16(14,15(7,5-18)6-23-14)25-13-12(22)11(21)10(20)9(4-17)24-13/h7,9-13,17-18,20-22H,2-6H2,1H3/t7-,9+,10+,11-,12+,13-,14-,15+,16-/m0/s1. The number of hydrogen-bond acceptors (Lipinski definition) is 9. The van der Waals surface area contributed by atoms with E-state index in [2.05, 4.69) is 0 Å². The molecule has 9 atom stereocenters. The van der Waals surface area contributed by atoms with E-state index in [0.717, 1.165) is 0 Å². The van der Waals surface area contributed by atoms with Crippen molar-refractivity contribution in [3.05, 3.63) is 0 Å². The number of ether oxygens (including phenoxy) is 3. The van der Waals surface area contributed by atoms with Crippen molar-refractivity contribution in [2.45, 2.75) is 61.7 Å². The van der Waals surface area contributed by atoms with Crippen molar-refractivity contribution in [3.63, 3.8) is 0 Å². The molecule has 0 aromatic rings. The molecule has 25 heavy (non-hydrogen) atoms. The zero-order chi connectivity index (χ0) is 18.2. The van der Waals surface area contributed by atoms with Gasteiger partial charge in [-0.25, -0.2) is 0 Å². The Balaban J connectivity index is 1.65. The van der Waals surface area contributed by atoms with Gasteiger partial charge >= 0.3 is 0 Å². The zero-order valence-electron chi connectivity index (χ0n) is 13.9. The molecule has 0 aromatic heterocycles. The Bertz CT molecular complexity index is 582. The Kier molecular flexibility index (Phi) is 3.85. The van der Waals surface area contributed by atoms with Crippen LogP contribution >= 0.6 is 0 Å². The van der Waals surface area contributed by atoms with Gasteiger partial charge in [-0.3, -0.25) is 4.79 Å². The molecular weight excluding hydrogens is 336 g/mol. The second-order valence-corrected chi connectivity index (χ2v) is 7.88. The molecule has 0 radical (unpaired) electrons. The third-order valence-electron chi connectivity index (χ3n) is 6.81. The molecule has 9 nitrogen and oxygen atoms in total. The van der Waals surface area contributed by atoms with Gasteiger partial charge in [0.05, 0.1) is 25.2 Å². The summed E-state index contributed by atoms with van der Waals surface area (Å²) in [5.41, 5.74) is -2.92. The highest BCUT2D eigenvalue weighted by molar-refractivity contribution is 5.88. The molecule has 5 rings (SSSR count). The minimum Gasteiger partial charge on any atom is -0.396 e. The molecule has 0 spiro atoms. The van der Waals surface area contributed by atoms with Crippen LogP contribution in [0.15, 0.2) is 0 Å². The smallest absolute Gasteiger partial charge is 0.187 e. The fraction of sp³-hybridized carbons (Fsp3) is 0.938. The molecule has 3 saturated carbocycles. The van der Waals surface area contributed by atoms with Crippen molar-refractivity contribution >= 4 is 5.78 Å². The van der Waals surface area contributed by atoms with E-state index in [-0.39, 0.29) is 31.3 Å². The molecule has 9 heteroatoms. The summed E-state index contributed by atoms with van der Waals surface area (Å²) in [6, 6.07) is 0. The molecule has 2 heterocycles. The first-order valence-corrected chi connectivity index (χ1v) is 8.51. The van der Waals surface area contributed by atoms with E-state index >= 15 is 0 Å². The SMILES string of the molecule is C[C@]12CC(=O)[C@@H]3C[C@@]1(O[C@@H]1O[C@H](CO)[C@@H](O)[C@H](O)[C@H]1O)[C@]3(CO)CO2. The third-order valence-corrected chi connectivity index (χ3v) is 6.81. The van der Waals surface area contributed by atoms with Crippen molar-refractivity contribution in [3.8, 4) is 0 Å². The Labute approximate surface area is 144 Å². The van der Waals surface area contributed by atoms with Crippen LogP contribution in [-0.2, 0) is 19.0 Å². The summed E-state index contributed by atoms with van der Waals surface area (Å²) in [6.07, 6.45) is -6.51. The van der Waals surface area contributed by atoms with E-state index in [1.54, 1.807) is 6.92 Å². The van der Waals surface area contributed by atoms with Crippen LogP contribution in [0.1, 0.15) is 19.8 Å². The molecule has 3 aliphatic carbocycles. The molecule has 5 aliphatic rings. The summed E-state index contributed by atoms with van der Waals surface area (Å²) in [5.74, 6) is -0.355. The summed E-state index contributed by atoms with van der Waals surface area (Å²) >= 11 is 0. The van der Waals surface area contributed by atoms with Crippen LogP contribution in [-0.4, -0.2) is 93.0 Å². The van der Waals surface area contributed by atoms with Gasteiger partial charge < -0.3 is 39.7 Å². The summed E-state index contributed by atoms with van der Waals surface area (Å²) in [6.45, 7) is 1.03. The number of hydrogen-bond donors (Lipinski definition) is 5. The van der Waals surface area contributed by atoms with Gasteiger partial charge in [0, 0.05) is 12.3 Å². The van der Waals surface area contributed by atoms with E-state index in [0.29, 0.717) is 6.42 Å². The minimum absolute atomic E-state index is 0.0216. The Hall–Kier alpha value is -0.650. The molecule has 142 valence electrons. The second-order valence-electron chi connectivity index (χ2n) is 7.88. The van der Waals surface area contributed by atoms with E-state index in [1.807, 2.05) is 0 Å². The van der Waals surface area contributed by atoms with Crippen LogP contribution in [0.2, 0.25) is 0 Å². The molecule has 5 N–H and O–H groups in total. The van der Waals surface area contributed by atoms with E-state index in [9.17, 15) is 30.3 Å². The number of aliphatic hydroxyl groups is 5. The number of carbonyl (C=O) groups is 1. The molecule has 2 saturated heterocycles. The normalized spacial score (nSPS) is 57.4. The fourth-order valence-corrected chi connectivity index (χ4v) is 5.21. The van der Waals surface area contributed by atoms with Gasteiger partial charge in [-0.05, 0) is 13.3 Å². The first kappa shape index (κ1) is 17.7. The number of ketones is 1. The lowest BCUT2D eigenvalue weighted by atomic mass is 9.41. The highest BCUT2D eigenvalue weighted by Crippen LogP contribution is 2.71. The molecule has 0 unspecified atom stereocenters. The van der Waals surface area contributed by atoms with Crippen LogP contribution < -0.4 is 0 Å². The van der Waals surface area contributed by atoms with Crippen molar-refractivity contribution in [1.82, 2.24) is 0 Å². The van der Waals surface area contributed by atoms with Crippen molar-refractivity contribution in [2.75, 3.05) is 19.8 Å². The Morgan fingerprint density at radius 1 is 1.20 bits per heavy atom. The second kappa shape index (κ2) is 5.43. The van der Waals surface area contributed by atoms with E-state index < -0.39 is 53.9 Å². The lowest BCUT2D eigenvalue weighted by Gasteiger charge is -2.66. The first-order valence-electron chi connectivity index (χ1n) is 8.51. The van der Waals surface area contributed by atoms with Crippen molar-refractivity contribution in [2.24, 2.45) is 11.3 Å². The summed E-state index contributed by atoms with van der Waals surface area (Å²) in [5, 5.41) is 49.4. The molecule has 0 aromatic carbocycles. The minimum atomic E-state index is -1.55. The zero-order valence-corrected chi connectivity index (χ0v) is 13.9. The Morgan fingerprint density at radius 3 is 2.56 bits per heavy atom. The van der Waals surface area contributed by atoms with E-state index in [4.69, 9.17) is 14.2 Å². The molecule has 0 amide bonds. The van der Waals surface area contributed by atoms with Gasteiger partial charge in [-0.15, -0.1) is 0 Å². The number of Topliss-reactive ketones (excluding diaryl/α,β-unsaturated/α-hetero) is 1. The summed E-state index contributed by atoms with van der Waals surface area (Å²) in [4.78, 5) is 12.3. The van der Waals surface area contributed by atoms with Gasteiger partial charge in [0.1, 0.15) is 41.4 Å². The highest BCUT2D eigenvalue weighted by Gasteiger charge is 2.83. The quantitative estimate of drug-likeness (QED) is 0.361. The van der Waals surface area contributed by atoms with Crippen LogP contribution in [0.4, 0.5) is 0 Å². The van der Waals surface area contributed by atoms with Gasteiger partial charge in [-0.2, -0.15) is 0 Å². The third kappa shape index (κ3) is 1.93. The Morgan fingerprint density at radius 2 is 1.92 bits per heavy atom. The lowest BCUT2D eigenvalue weighted by Crippen LogP contribution is -2.79. The molecule has 4 bridgehead atoms. The maximum Gasteiger partial charge on any atom is 0.187 e. The average molecular weight is 360 g/mol. The van der Waals surface area contributed by atoms with E-state index in [1.165, 1.54) is 0 Å². The summed E-state index contributed by atoms with van der Waals surface area (Å²) in [7, 11) is 0. The first-order chi connectivity index (χ1) is 11.7. The topological polar surface area (TPSA) is 146 Å². The predicted octanol–water partition coefficient (Wildman–Crippen LogP) is -2.70. The predicted molar refractivity (Wildman–Crippen MR) is 79.2 cm³/mol. The molecule has 5 fully saturated rings. The maximum atomic E-state index is 12.3. The van der Waals surface area contributed by atoms with Gasteiger partial charge in [-0.1, -0.05) is 0 Å². The fourth-order valence-electron chi connectivity index (χ4n) is 5.21. The van der Waals surface area contributed by atoms with Crippen LogP contribution in [0.3, 0.4) is 0 Å². The number of rotatable bonds is 4. The van der Waals surface area contributed by atoms with Crippen LogP contribution in [0.25, 0.3) is 0 Å².